The van der Waals surface area contributed by atoms with E-state index in [4.69, 9.17) is 0 Å². The number of hydrogen-bond acceptors (Lipinski definition) is 4. The van der Waals surface area contributed by atoms with E-state index in [1.165, 1.54) is 19.1 Å². The first kappa shape index (κ1) is 16.8. The molecule has 0 spiro atoms. The number of nitrogens with one attached hydrogen (secondary N) is 1. The average Bonchev–Trinajstić information content (AvgIpc) is 2.52. The third-order valence-electron chi connectivity index (χ3n) is 4.06. The third-order valence-corrected chi connectivity index (χ3v) is 4.06. The number of aromatic hydroxyl groups is 1. The summed E-state index contributed by atoms with van der Waals surface area (Å²) in [6, 6.07) is 10.0. The minimum absolute atomic E-state index is 0.0910. The first-order chi connectivity index (χ1) is 10.8. The largest absolute Gasteiger partial charge is 0.507 e. The van der Waals surface area contributed by atoms with Gasteiger partial charge in [0.2, 0.25) is 5.72 Å². The fourth-order valence-corrected chi connectivity index (χ4v) is 2.33. The predicted octanol–water partition coefficient (Wildman–Crippen LogP) is 2.09. The normalized spacial score (nSPS) is 14.9. The van der Waals surface area contributed by atoms with E-state index < -0.39 is 23.5 Å². The minimum atomic E-state index is -2.40. The first-order valence-electron chi connectivity index (χ1n) is 7.29. The lowest BCUT2D eigenvalue weighted by Crippen LogP contribution is -2.58. The summed E-state index contributed by atoms with van der Waals surface area (Å²) >= 11 is 0. The molecule has 2 aromatic rings. The highest BCUT2D eigenvalue weighted by Gasteiger charge is 2.43. The summed E-state index contributed by atoms with van der Waals surface area (Å²) in [5.74, 6) is -3.37. The van der Waals surface area contributed by atoms with Gasteiger partial charge in [0.05, 0.1) is 5.56 Å². The van der Waals surface area contributed by atoms with Crippen molar-refractivity contribution in [2.45, 2.75) is 26.0 Å². The van der Waals surface area contributed by atoms with Crippen LogP contribution in [0, 0.1) is 5.92 Å². The van der Waals surface area contributed by atoms with Crippen LogP contribution >= 0.6 is 0 Å². The zero-order valence-electron chi connectivity index (χ0n) is 12.9. The van der Waals surface area contributed by atoms with Gasteiger partial charge in [-0.1, -0.05) is 38.1 Å². The molecule has 0 radical (unpaired) electrons. The number of phenols is 1. The number of aliphatic hydroxyl groups is 1. The first-order valence-corrected chi connectivity index (χ1v) is 7.29. The molecule has 0 aromatic heterocycles. The van der Waals surface area contributed by atoms with E-state index in [0.29, 0.717) is 6.42 Å². The van der Waals surface area contributed by atoms with Crippen LogP contribution in [0.4, 0.5) is 0 Å². The van der Waals surface area contributed by atoms with E-state index in [9.17, 15) is 24.9 Å². The number of rotatable bonds is 5. The van der Waals surface area contributed by atoms with E-state index in [-0.39, 0.29) is 11.3 Å². The number of carbonyl (C=O) groups excluding carboxylic acids is 1. The van der Waals surface area contributed by atoms with Crippen molar-refractivity contribution in [1.29, 1.82) is 0 Å². The molecule has 0 fully saturated rings. The van der Waals surface area contributed by atoms with E-state index in [1.54, 1.807) is 31.2 Å². The van der Waals surface area contributed by atoms with Crippen LogP contribution in [0.1, 0.15) is 30.6 Å². The Balaban J connectivity index is 2.40. The van der Waals surface area contributed by atoms with Crippen molar-refractivity contribution in [2.24, 2.45) is 5.92 Å². The molecule has 2 aromatic carbocycles. The summed E-state index contributed by atoms with van der Waals surface area (Å²) in [6.45, 7) is 3.23. The second-order valence-corrected chi connectivity index (χ2v) is 5.55. The number of carbonyl (C=O) groups is 2. The van der Waals surface area contributed by atoms with Gasteiger partial charge in [0.25, 0.3) is 5.91 Å². The standard InChI is InChI=1S/C17H19NO5/c1-3-10(2)17(23,16(21)22)18-15(20)13-8-11-6-4-5-7-12(11)9-14(13)19/h4-10,19,23H,3H2,1-2H3,(H,18,20)(H,21,22)/t10-,17+/m0/s1. The Kier molecular flexibility index (Phi) is 4.56. The number of carboxylic acid groups (broad SMARTS) is 1. The van der Waals surface area contributed by atoms with E-state index in [2.05, 4.69) is 5.32 Å². The molecule has 0 bridgehead atoms. The van der Waals surface area contributed by atoms with Gasteiger partial charge in [-0.05, 0) is 29.3 Å². The Hall–Kier alpha value is -2.60. The van der Waals surface area contributed by atoms with Crippen molar-refractivity contribution < 1.29 is 24.9 Å². The fraction of sp³-hybridized carbons (Fsp3) is 0.294. The molecular formula is C17H19NO5. The molecule has 0 saturated heterocycles. The van der Waals surface area contributed by atoms with E-state index in [0.717, 1.165) is 10.8 Å². The number of amides is 1. The smallest absolute Gasteiger partial charge is 0.357 e. The number of fused-ring (bicyclic) bond motifs is 1. The van der Waals surface area contributed by atoms with Gasteiger partial charge in [-0.25, -0.2) is 4.79 Å². The van der Waals surface area contributed by atoms with Crippen LogP contribution in [0.15, 0.2) is 36.4 Å². The van der Waals surface area contributed by atoms with Crippen molar-refractivity contribution >= 4 is 22.6 Å². The maximum absolute atomic E-state index is 12.4. The second-order valence-electron chi connectivity index (χ2n) is 5.55. The van der Waals surface area contributed by atoms with Gasteiger partial charge in [-0.2, -0.15) is 0 Å². The van der Waals surface area contributed by atoms with Crippen LogP contribution in [0.25, 0.3) is 10.8 Å². The highest BCUT2D eigenvalue weighted by Crippen LogP contribution is 2.26. The van der Waals surface area contributed by atoms with Gasteiger partial charge in [0.1, 0.15) is 5.75 Å². The van der Waals surface area contributed by atoms with Gasteiger partial charge in [0.15, 0.2) is 0 Å². The predicted molar refractivity (Wildman–Crippen MR) is 85.1 cm³/mol. The lowest BCUT2D eigenvalue weighted by atomic mass is 9.94. The quantitative estimate of drug-likeness (QED) is 0.632. The maximum Gasteiger partial charge on any atom is 0.357 e. The van der Waals surface area contributed by atoms with Crippen LogP contribution in [-0.2, 0) is 4.79 Å². The van der Waals surface area contributed by atoms with Gasteiger partial charge < -0.3 is 20.6 Å². The summed E-state index contributed by atoms with van der Waals surface area (Å²) in [7, 11) is 0. The molecule has 1 amide bonds. The van der Waals surface area contributed by atoms with Crippen LogP contribution in [0.3, 0.4) is 0 Å². The third kappa shape index (κ3) is 3.12. The second kappa shape index (κ2) is 6.26. The minimum Gasteiger partial charge on any atom is -0.507 e. The van der Waals surface area contributed by atoms with Crippen LogP contribution < -0.4 is 5.32 Å². The molecule has 6 nitrogen and oxygen atoms in total. The van der Waals surface area contributed by atoms with Crippen molar-refractivity contribution in [2.75, 3.05) is 0 Å². The number of aliphatic carboxylic acids is 1. The van der Waals surface area contributed by atoms with Gasteiger partial charge >= 0.3 is 5.97 Å². The zero-order chi connectivity index (χ0) is 17.2. The van der Waals surface area contributed by atoms with Crippen LogP contribution in [0.2, 0.25) is 0 Å². The number of phenolic OH excluding ortho intramolecular Hbond substituents is 1. The summed E-state index contributed by atoms with van der Waals surface area (Å²) in [6.07, 6.45) is 0.354. The SMILES string of the molecule is CC[C@H](C)[C@](O)(NC(=O)c1cc2ccccc2cc1O)C(=O)O. The molecule has 2 rings (SSSR count). The van der Waals surface area contributed by atoms with Crippen molar-refractivity contribution in [3.63, 3.8) is 0 Å². The van der Waals surface area contributed by atoms with Gasteiger partial charge in [-0.3, -0.25) is 4.79 Å². The molecule has 0 aliphatic heterocycles. The highest BCUT2D eigenvalue weighted by molar-refractivity contribution is 6.03. The maximum atomic E-state index is 12.4. The van der Waals surface area contributed by atoms with Gasteiger partial charge in [0, 0.05) is 5.92 Å². The van der Waals surface area contributed by atoms with Gasteiger partial charge in [-0.15, -0.1) is 0 Å². The molecule has 122 valence electrons. The van der Waals surface area contributed by atoms with Crippen molar-refractivity contribution in [3.05, 3.63) is 42.0 Å². The zero-order valence-corrected chi connectivity index (χ0v) is 12.9. The molecule has 4 N–H and O–H groups in total. The summed E-state index contributed by atoms with van der Waals surface area (Å²) in [5.41, 5.74) is -2.49. The van der Waals surface area contributed by atoms with E-state index >= 15 is 0 Å². The Labute approximate surface area is 133 Å². The number of carboxylic acids is 1. The topological polar surface area (TPSA) is 107 Å². The number of hydrogen-bond donors (Lipinski definition) is 4. The van der Waals surface area contributed by atoms with E-state index in [1.807, 2.05) is 0 Å². The monoisotopic (exact) mass is 317 g/mol. The Morgan fingerprint density at radius 3 is 2.30 bits per heavy atom. The molecule has 23 heavy (non-hydrogen) atoms. The van der Waals surface area contributed by atoms with Crippen LogP contribution in [0.5, 0.6) is 5.75 Å². The average molecular weight is 317 g/mol. The molecule has 2 atom stereocenters. The lowest BCUT2D eigenvalue weighted by molar-refractivity contribution is -0.167. The fourth-order valence-electron chi connectivity index (χ4n) is 2.33. The van der Waals surface area contributed by atoms with Crippen molar-refractivity contribution in [3.8, 4) is 5.75 Å². The summed E-state index contributed by atoms with van der Waals surface area (Å²) < 4.78 is 0. The molecule has 0 saturated carbocycles. The summed E-state index contributed by atoms with van der Waals surface area (Å²) in [4.78, 5) is 23.7. The molecule has 0 aliphatic rings. The molecule has 6 heteroatoms. The van der Waals surface area contributed by atoms with Crippen LogP contribution in [-0.4, -0.2) is 32.9 Å². The molecular weight excluding hydrogens is 298 g/mol. The lowest BCUT2D eigenvalue weighted by Gasteiger charge is -2.30. The Morgan fingerprint density at radius 2 is 1.78 bits per heavy atom. The molecule has 0 heterocycles. The molecule has 0 unspecified atom stereocenters. The van der Waals surface area contributed by atoms with Crippen molar-refractivity contribution in [1.82, 2.24) is 5.32 Å². The Bertz CT molecular complexity index is 758. The Morgan fingerprint density at radius 1 is 1.22 bits per heavy atom. The molecule has 0 aliphatic carbocycles. The summed E-state index contributed by atoms with van der Waals surface area (Å²) in [5, 5.41) is 33.1. The highest BCUT2D eigenvalue weighted by atomic mass is 16.4. The number of benzene rings is 2.